The molecular formula is C30H36N6O2. The lowest BCUT2D eigenvalue weighted by Gasteiger charge is -2.36. The highest BCUT2D eigenvalue weighted by molar-refractivity contribution is 5.99. The Labute approximate surface area is 224 Å². The van der Waals surface area contributed by atoms with Crippen molar-refractivity contribution in [2.45, 2.75) is 58.5 Å². The van der Waals surface area contributed by atoms with E-state index in [1.807, 2.05) is 55.3 Å². The molecule has 4 atom stereocenters. The molecule has 0 spiro atoms. The topological polar surface area (TPSA) is 83.4 Å². The lowest BCUT2D eigenvalue weighted by molar-refractivity contribution is -0.122. The minimum absolute atomic E-state index is 0.0564. The van der Waals surface area contributed by atoms with E-state index >= 15 is 0 Å². The SMILES string of the molecule is Cc1ccc(-n2nc(C(=O)N3C[C@@H](C)N[C@@H](C)C3)nc2-c2ccc3c(c2)C(C2CC2)C(C)C(=O)N3C)cc1. The fourth-order valence-corrected chi connectivity index (χ4v) is 6.32. The first kappa shape index (κ1) is 24.8. The summed E-state index contributed by atoms with van der Waals surface area (Å²) < 4.78 is 1.79. The number of piperazine rings is 1. The summed E-state index contributed by atoms with van der Waals surface area (Å²) in [6.07, 6.45) is 2.32. The first-order valence-electron chi connectivity index (χ1n) is 13.7. The second kappa shape index (κ2) is 9.34. The van der Waals surface area contributed by atoms with Gasteiger partial charge in [-0.15, -0.1) is 5.10 Å². The van der Waals surface area contributed by atoms with Crippen LogP contribution in [0, 0.1) is 18.8 Å². The molecule has 2 aliphatic heterocycles. The van der Waals surface area contributed by atoms with Crippen molar-refractivity contribution >= 4 is 17.5 Å². The van der Waals surface area contributed by atoms with Crippen LogP contribution in [0.15, 0.2) is 42.5 Å². The zero-order chi connectivity index (χ0) is 26.7. The average molecular weight is 513 g/mol. The highest BCUT2D eigenvalue weighted by atomic mass is 16.2. The Kier molecular flexibility index (Phi) is 6.10. The molecule has 3 aliphatic rings. The zero-order valence-electron chi connectivity index (χ0n) is 22.8. The van der Waals surface area contributed by atoms with Gasteiger partial charge in [-0.2, -0.15) is 0 Å². The van der Waals surface area contributed by atoms with Gasteiger partial charge in [0.25, 0.3) is 5.91 Å². The van der Waals surface area contributed by atoms with Crippen LogP contribution >= 0.6 is 0 Å². The molecule has 1 N–H and O–H groups in total. The van der Waals surface area contributed by atoms with Crippen LogP contribution in [-0.4, -0.2) is 63.7 Å². The van der Waals surface area contributed by atoms with E-state index in [-0.39, 0.29) is 41.6 Å². The molecule has 3 heterocycles. The maximum Gasteiger partial charge on any atom is 0.293 e. The third kappa shape index (κ3) is 4.30. The van der Waals surface area contributed by atoms with Crippen LogP contribution in [-0.2, 0) is 4.79 Å². The summed E-state index contributed by atoms with van der Waals surface area (Å²) in [6, 6.07) is 14.7. The molecule has 2 aromatic carbocycles. The number of nitrogens with zero attached hydrogens (tertiary/aromatic N) is 5. The number of fused-ring (bicyclic) bond motifs is 1. The number of amides is 2. The minimum atomic E-state index is -0.148. The van der Waals surface area contributed by atoms with Gasteiger partial charge in [-0.05, 0) is 75.4 Å². The van der Waals surface area contributed by atoms with E-state index in [1.54, 1.807) is 9.58 Å². The van der Waals surface area contributed by atoms with Crippen molar-refractivity contribution in [2.24, 2.45) is 11.8 Å². The zero-order valence-corrected chi connectivity index (χ0v) is 22.8. The van der Waals surface area contributed by atoms with E-state index in [2.05, 4.69) is 32.2 Å². The average Bonchev–Trinajstić information content (AvgIpc) is 3.63. The van der Waals surface area contributed by atoms with Gasteiger partial charge in [0.2, 0.25) is 11.7 Å². The third-order valence-electron chi connectivity index (χ3n) is 8.32. The number of aryl methyl sites for hydroxylation is 1. The Balaban J connectivity index is 1.45. The Hall–Kier alpha value is -3.52. The van der Waals surface area contributed by atoms with Crippen molar-refractivity contribution in [1.82, 2.24) is 25.0 Å². The second-order valence-corrected chi connectivity index (χ2v) is 11.5. The number of hydrogen-bond donors (Lipinski definition) is 1. The number of aromatic nitrogens is 3. The van der Waals surface area contributed by atoms with Crippen molar-refractivity contribution in [3.63, 3.8) is 0 Å². The molecule has 0 bridgehead atoms. The van der Waals surface area contributed by atoms with Gasteiger partial charge in [-0.3, -0.25) is 9.59 Å². The van der Waals surface area contributed by atoms with E-state index in [1.165, 1.54) is 5.56 Å². The van der Waals surface area contributed by atoms with E-state index in [4.69, 9.17) is 10.1 Å². The van der Waals surface area contributed by atoms with E-state index < -0.39 is 0 Å². The molecule has 1 aliphatic carbocycles. The van der Waals surface area contributed by atoms with E-state index in [9.17, 15) is 9.59 Å². The quantitative estimate of drug-likeness (QED) is 0.567. The van der Waals surface area contributed by atoms with E-state index in [0.29, 0.717) is 24.8 Å². The van der Waals surface area contributed by atoms with Crippen molar-refractivity contribution < 1.29 is 9.59 Å². The number of carbonyl (C=O) groups excluding carboxylic acids is 2. The van der Waals surface area contributed by atoms with Gasteiger partial charge in [0.1, 0.15) is 0 Å². The minimum Gasteiger partial charge on any atom is -0.333 e. The molecule has 6 rings (SSSR count). The molecule has 0 radical (unpaired) electrons. The van der Waals surface area contributed by atoms with Gasteiger partial charge in [-0.25, -0.2) is 9.67 Å². The van der Waals surface area contributed by atoms with Crippen LogP contribution in [0.25, 0.3) is 17.1 Å². The van der Waals surface area contributed by atoms with E-state index in [0.717, 1.165) is 35.3 Å². The summed E-state index contributed by atoms with van der Waals surface area (Å²) in [4.78, 5) is 35.1. The number of anilines is 1. The van der Waals surface area contributed by atoms with Gasteiger partial charge < -0.3 is 15.1 Å². The summed E-state index contributed by atoms with van der Waals surface area (Å²) in [7, 11) is 1.86. The number of rotatable bonds is 4. The molecule has 8 heteroatoms. The maximum absolute atomic E-state index is 13.6. The summed E-state index contributed by atoms with van der Waals surface area (Å²) in [5.74, 6) is 1.56. The van der Waals surface area contributed by atoms with Crippen LogP contribution in [0.3, 0.4) is 0 Å². The highest BCUT2D eigenvalue weighted by Gasteiger charge is 2.44. The van der Waals surface area contributed by atoms with Crippen LogP contribution in [0.2, 0.25) is 0 Å². The van der Waals surface area contributed by atoms with Gasteiger partial charge in [0.05, 0.1) is 5.69 Å². The Morgan fingerprint density at radius 2 is 1.68 bits per heavy atom. The Bertz CT molecular complexity index is 1380. The first-order valence-corrected chi connectivity index (χ1v) is 13.7. The molecule has 8 nitrogen and oxygen atoms in total. The number of carbonyl (C=O) groups is 2. The first-order chi connectivity index (χ1) is 18.2. The molecule has 2 fully saturated rings. The van der Waals surface area contributed by atoms with Gasteiger partial charge in [0, 0.05) is 55.3 Å². The van der Waals surface area contributed by atoms with Crippen LogP contribution < -0.4 is 10.2 Å². The largest absolute Gasteiger partial charge is 0.333 e. The van der Waals surface area contributed by atoms with Crippen LogP contribution in [0.5, 0.6) is 0 Å². The lowest BCUT2D eigenvalue weighted by atomic mass is 9.78. The smallest absolute Gasteiger partial charge is 0.293 e. The fraction of sp³-hybridized carbons (Fsp3) is 0.467. The number of hydrogen-bond acceptors (Lipinski definition) is 5. The Morgan fingerprint density at radius 1 is 1.00 bits per heavy atom. The molecule has 1 saturated carbocycles. The maximum atomic E-state index is 13.6. The van der Waals surface area contributed by atoms with Crippen molar-refractivity contribution in [3.05, 3.63) is 59.4 Å². The van der Waals surface area contributed by atoms with Gasteiger partial charge >= 0.3 is 0 Å². The van der Waals surface area contributed by atoms with Gasteiger partial charge in [0.15, 0.2) is 5.82 Å². The second-order valence-electron chi connectivity index (χ2n) is 11.5. The van der Waals surface area contributed by atoms with Crippen molar-refractivity contribution in [3.8, 4) is 17.1 Å². The molecule has 1 aromatic heterocycles. The monoisotopic (exact) mass is 512 g/mol. The molecule has 3 aromatic rings. The summed E-state index contributed by atoms with van der Waals surface area (Å²) >= 11 is 0. The predicted molar refractivity (Wildman–Crippen MR) is 148 cm³/mol. The highest BCUT2D eigenvalue weighted by Crippen LogP contribution is 2.52. The summed E-state index contributed by atoms with van der Waals surface area (Å²) in [5, 5.41) is 8.24. The summed E-state index contributed by atoms with van der Waals surface area (Å²) in [5.41, 5.74) is 5.07. The number of nitrogens with one attached hydrogen (secondary N) is 1. The molecule has 2 unspecified atom stereocenters. The van der Waals surface area contributed by atoms with Crippen LogP contribution in [0.1, 0.15) is 61.3 Å². The Morgan fingerprint density at radius 3 is 2.34 bits per heavy atom. The predicted octanol–water partition coefficient (Wildman–Crippen LogP) is 4.17. The normalized spacial score (nSPS) is 25.4. The third-order valence-corrected chi connectivity index (χ3v) is 8.32. The number of benzene rings is 2. The van der Waals surface area contributed by atoms with Crippen molar-refractivity contribution in [1.29, 1.82) is 0 Å². The summed E-state index contributed by atoms with van der Waals surface area (Å²) in [6.45, 7) is 9.53. The lowest BCUT2D eigenvalue weighted by Crippen LogP contribution is -2.56. The van der Waals surface area contributed by atoms with Crippen molar-refractivity contribution in [2.75, 3.05) is 25.0 Å². The molecule has 38 heavy (non-hydrogen) atoms. The molecule has 198 valence electrons. The molecular weight excluding hydrogens is 476 g/mol. The van der Waals surface area contributed by atoms with Gasteiger partial charge in [-0.1, -0.05) is 24.6 Å². The molecule has 2 amide bonds. The standard InChI is InChI=1S/C30H36N6O2/c1-17-6-11-23(12-7-17)36-28(32-27(33-36)30(38)35-15-18(2)31-19(3)16-35)22-10-13-25-24(14-22)26(21-8-9-21)20(4)29(37)34(25)5/h6-7,10-14,18-21,26,31H,8-9,15-16H2,1-5H3/t18-,19+,20?,26?. The fourth-order valence-electron chi connectivity index (χ4n) is 6.32. The molecule has 1 saturated heterocycles. The van der Waals surface area contributed by atoms with Crippen LogP contribution in [0.4, 0.5) is 5.69 Å².